The number of carbonyl (C=O) groups excluding carboxylic acids is 1. The Morgan fingerprint density at radius 2 is 2.20 bits per heavy atom. The van der Waals surface area contributed by atoms with E-state index in [1.54, 1.807) is 5.06 Å². The van der Waals surface area contributed by atoms with Crippen molar-refractivity contribution in [1.82, 2.24) is 5.06 Å². The molecular weight excluding hydrogens is 258 g/mol. The van der Waals surface area contributed by atoms with Gasteiger partial charge in [0.2, 0.25) is 0 Å². The van der Waals surface area contributed by atoms with E-state index in [9.17, 15) is 4.79 Å². The van der Waals surface area contributed by atoms with E-state index in [1.165, 1.54) is 0 Å². The number of benzene rings is 1. The Morgan fingerprint density at radius 3 is 3.00 bits per heavy atom. The van der Waals surface area contributed by atoms with Gasteiger partial charge in [-0.15, -0.1) is 0 Å². The van der Waals surface area contributed by atoms with Gasteiger partial charge in [-0.1, -0.05) is 30.3 Å². The first kappa shape index (κ1) is 13.5. The van der Waals surface area contributed by atoms with Gasteiger partial charge in [0, 0.05) is 0 Å². The average molecular weight is 277 g/mol. The number of nitrogens with zero attached hydrogens (tertiary/aromatic N) is 1. The summed E-state index contributed by atoms with van der Waals surface area (Å²) in [5.74, 6) is -0.418. The molecule has 0 aliphatic carbocycles. The van der Waals surface area contributed by atoms with Crippen molar-refractivity contribution in [3.63, 3.8) is 0 Å². The summed E-state index contributed by atoms with van der Waals surface area (Å²) in [6.45, 7) is 3.32. The molecule has 20 heavy (non-hydrogen) atoms. The highest BCUT2D eigenvalue weighted by molar-refractivity contribution is 5.74. The van der Waals surface area contributed by atoms with Crippen molar-refractivity contribution in [2.24, 2.45) is 5.92 Å². The van der Waals surface area contributed by atoms with E-state index in [1.807, 2.05) is 37.3 Å². The van der Waals surface area contributed by atoms with E-state index < -0.39 is 0 Å². The van der Waals surface area contributed by atoms with Crippen molar-refractivity contribution in [3.8, 4) is 0 Å². The average Bonchev–Trinajstić information content (AvgIpc) is 2.82. The zero-order chi connectivity index (χ0) is 13.9. The van der Waals surface area contributed by atoms with Crippen LogP contribution in [0.5, 0.6) is 0 Å². The summed E-state index contributed by atoms with van der Waals surface area (Å²) < 4.78 is 10.8. The van der Waals surface area contributed by atoms with Gasteiger partial charge in [0.25, 0.3) is 0 Å². The van der Waals surface area contributed by atoms with E-state index in [-0.39, 0.29) is 24.0 Å². The number of ether oxygens (including phenoxy) is 2. The molecule has 0 aromatic heterocycles. The van der Waals surface area contributed by atoms with E-state index in [2.05, 4.69) is 0 Å². The number of hydrogen-bond acceptors (Lipinski definition) is 5. The van der Waals surface area contributed by atoms with Gasteiger partial charge in [-0.3, -0.25) is 9.63 Å². The molecule has 0 bridgehead atoms. The van der Waals surface area contributed by atoms with Gasteiger partial charge in [-0.2, -0.15) is 5.06 Å². The van der Waals surface area contributed by atoms with Gasteiger partial charge < -0.3 is 9.47 Å². The molecule has 0 amide bonds. The summed E-state index contributed by atoms with van der Waals surface area (Å²) in [6, 6.07) is 9.78. The molecule has 108 valence electrons. The third-order valence-electron chi connectivity index (χ3n) is 3.86. The standard InChI is InChI=1S/C15H19NO4/c1-11-14(13-7-8-18-10-16(13)20-11)15(17)19-9-12-5-3-2-4-6-12/h2-6,11,13-14H,7-10H2,1H3/t11-,13+,14+/m0/s1. The fourth-order valence-electron chi connectivity index (χ4n) is 2.83. The first-order valence-electron chi connectivity index (χ1n) is 6.97. The fraction of sp³-hybridized carbons (Fsp3) is 0.533. The number of esters is 1. The maximum atomic E-state index is 12.3. The van der Waals surface area contributed by atoms with E-state index in [4.69, 9.17) is 14.3 Å². The van der Waals surface area contributed by atoms with Gasteiger partial charge in [0.1, 0.15) is 19.3 Å². The molecule has 3 atom stereocenters. The lowest BCUT2D eigenvalue weighted by Crippen LogP contribution is -2.42. The molecule has 2 aliphatic rings. The number of carbonyl (C=O) groups is 1. The largest absolute Gasteiger partial charge is 0.460 e. The van der Waals surface area contributed by atoms with Crippen LogP contribution in [0.1, 0.15) is 18.9 Å². The quantitative estimate of drug-likeness (QED) is 0.787. The lowest BCUT2D eigenvalue weighted by Gasteiger charge is -2.28. The third kappa shape index (κ3) is 2.70. The Bertz CT molecular complexity index is 464. The molecule has 0 unspecified atom stereocenters. The highest BCUT2D eigenvalue weighted by Crippen LogP contribution is 2.32. The van der Waals surface area contributed by atoms with Gasteiger partial charge in [0.05, 0.1) is 18.8 Å². The van der Waals surface area contributed by atoms with Crippen molar-refractivity contribution in [1.29, 1.82) is 0 Å². The van der Waals surface area contributed by atoms with Crippen LogP contribution in [0.2, 0.25) is 0 Å². The maximum absolute atomic E-state index is 12.3. The second-order valence-corrected chi connectivity index (χ2v) is 5.24. The molecule has 1 aromatic carbocycles. The summed E-state index contributed by atoms with van der Waals surface area (Å²) in [5.41, 5.74) is 0.997. The number of hydrogen-bond donors (Lipinski definition) is 0. The second kappa shape index (κ2) is 5.91. The van der Waals surface area contributed by atoms with Crippen LogP contribution in [0, 0.1) is 5.92 Å². The highest BCUT2D eigenvalue weighted by atomic mass is 16.7. The Balaban J connectivity index is 1.61. The Labute approximate surface area is 118 Å². The molecule has 3 rings (SSSR count). The van der Waals surface area contributed by atoms with E-state index in [0.29, 0.717) is 19.9 Å². The van der Waals surface area contributed by atoms with Crippen LogP contribution in [0.3, 0.4) is 0 Å². The van der Waals surface area contributed by atoms with Crippen molar-refractivity contribution in [2.45, 2.75) is 32.1 Å². The first-order valence-corrected chi connectivity index (χ1v) is 6.97. The molecule has 5 nitrogen and oxygen atoms in total. The lowest BCUT2D eigenvalue weighted by atomic mass is 9.93. The van der Waals surface area contributed by atoms with Crippen molar-refractivity contribution < 1.29 is 19.1 Å². The van der Waals surface area contributed by atoms with Crippen LogP contribution in [0.25, 0.3) is 0 Å². The number of rotatable bonds is 3. The Morgan fingerprint density at radius 1 is 1.40 bits per heavy atom. The molecule has 2 fully saturated rings. The summed E-state index contributed by atoms with van der Waals surface area (Å²) in [5, 5.41) is 1.77. The van der Waals surface area contributed by atoms with Gasteiger partial charge >= 0.3 is 5.97 Å². The summed E-state index contributed by atoms with van der Waals surface area (Å²) >= 11 is 0. The summed E-state index contributed by atoms with van der Waals surface area (Å²) in [7, 11) is 0. The molecule has 2 saturated heterocycles. The minimum Gasteiger partial charge on any atom is -0.460 e. The van der Waals surface area contributed by atoms with Crippen LogP contribution in [0.15, 0.2) is 30.3 Å². The molecular formula is C15H19NO4. The van der Waals surface area contributed by atoms with Gasteiger partial charge in [-0.05, 0) is 18.9 Å². The number of hydroxylamine groups is 2. The van der Waals surface area contributed by atoms with Crippen molar-refractivity contribution >= 4 is 5.97 Å². The predicted molar refractivity (Wildman–Crippen MR) is 71.3 cm³/mol. The lowest BCUT2D eigenvalue weighted by molar-refractivity contribution is -0.227. The minimum absolute atomic E-state index is 0.0713. The molecule has 0 N–H and O–H groups in total. The molecule has 1 aromatic rings. The first-order chi connectivity index (χ1) is 9.75. The molecule has 0 spiro atoms. The van der Waals surface area contributed by atoms with Crippen molar-refractivity contribution in [3.05, 3.63) is 35.9 Å². The van der Waals surface area contributed by atoms with Gasteiger partial charge in [0.15, 0.2) is 0 Å². The topological polar surface area (TPSA) is 48.0 Å². The van der Waals surface area contributed by atoms with E-state index >= 15 is 0 Å². The van der Waals surface area contributed by atoms with Gasteiger partial charge in [-0.25, -0.2) is 0 Å². The molecule has 0 saturated carbocycles. The van der Waals surface area contributed by atoms with Crippen LogP contribution in [0.4, 0.5) is 0 Å². The predicted octanol–water partition coefficient (Wildman–Crippen LogP) is 1.73. The van der Waals surface area contributed by atoms with Crippen LogP contribution >= 0.6 is 0 Å². The fourth-order valence-corrected chi connectivity index (χ4v) is 2.83. The second-order valence-electron chi connectivity index (χ2n) is 5.24. The zero-order valence-corrected chi connectivity index (χ0v) is 11.5. The monoisotopic (exact) mass is 277 g/mol. The molecule has 2 heterocycles. The maximum Gasteiger partial charge on any atom is 0.313 e. The summed E-state index contributed by atoms with van der Waals surface area (Å²) in [4.78, 5) is 18.0. The van der Waals surface area contributed by atoms with Crippen molar-refractivity contribution in [2.75, 3.05) is 13.3 Å². The molecule has 5 heteroatoms. The zero-order valence-electron chi connectivity index (χ0n) is 11.5. The van der Waals surface area contributed by atoms with Crippen LogP contribution in [-0.2, 0) is 25.7 Å². The third-order valence-corrected chi connectivity index (χ3v) is 3.86. The summed E-state index contributed by atoms with van der Waals surface area (Å²) in [6.07, 6.45) is 0.639. The smallest absolute Gasteiger partial charge is 0.313 e. The van der Waals surface area contributed by atoms with Crippen LogP contribution < -0.4 is 0 Å². The normalized spacial score (nSPS) is 29.9. The highest BCUT2D eigenvalue weighted by Gasteiger charge is 2.47. The molecule has 2 aliphatic heterocycles. The Kier molecular flexibility index (Phi) is 4.00. The van der Waals surface area contributed by atoms with E-state index in [0.717, 1.165) is 12.0 Å². The minimum atomic E-state index is -0.234. The SMILES string of the molecule is C[C@@H]1ON2COCC[C@@H]2[C@@H]1C(=O)OCc1ccccc1. The Hall–Kier alpha value is -1.43. The number of fused-ring (bicyclic) bond motifs is 1. The van der Waals surface area contributed by atoms with Crippen LogP contribution in [-0.4, -0.2) is 36.5 Å². The molecule has 0 radical (unpaired) electrons.